The van der Waals surface area contributed by atoms with Crippen molar-refractivity contribution in [3.05, 3.63) is 53.3 Å². The van der Waals surface area contributed by atoms with Crippen LogP contribution in [0.5, 0.6) is 0 Å². The van der Waals surface area contributed by atoms with E-state index in [1.807, 2.05) is 12.1 Å². The standard InChI is InChI=1S/C25H33N7O/c1-19-4-6-20(7-5-19)17-30-15-12-21(18-30)16-26-25(33)11-10-23-28-27-22-8-9-24(29-32(22)23)31-13-2-3-14-31/h4-9,21H,2-3,10-18H2,1H3,(H,26,33)/t21-/m1/s1. The molecular formula is C25H33N7O. The quantitative estimate of drug-likeness (QED) is 0.572. The van der Waals surface area contributed by atoms with E-state index in [0.717, 1.165) is 63.0 Å². The number of hydrogen-bond donors (Lipinski definition) is 1. The fourth-order valence-electron chi connectivity index (χ4n) is 4.84. The lowest BCUT2D eigenvalue weighted by molar-refractivity contribution is -0.121. The highest BCUT2D eigenvalue weighted by molar-refractivity contribution is 5.76. The van der Waals surface area contributed by atoms with Gasteiger partial charge in [0.05, 0.1) is 0 Å². The third kappa shape index (κ3) is 5.33. The van der Waals surface area contributed by atoms with Crippen LogP contribution >= 0.6 is 0 Å². The maximum Gasteiger partial charge on any atom is 0.220 e. The number of hydrogen-bond acceptors (Lipinski definition) is 6. The summed E-state index contributed by atoms with van der Waals surface area (Å²) in [6.45, 7) is 8.05. The zero-order valence-electron chi connectivity index (χ0n) is 19.4. The van der Waals surface area contributed by atoms with Crippen molar-refractivity contribution in [2.75, 3.05) is 37.6 Å². The normalized spacial score (nSPS) is 18.9. The molecule has 0 radical (unpaired) electrons. The average molecular weight is 448 g/mol. The number of rotatable bonds is 8. The highest BCUT2D eigenvalue weighted by atomic mass is 16.1. The van der Waals surface area contributed by atoms with Crippen molar-refractivity contribution in [1.29, 1.82) is 0 Å². The molecule has 0 unspecified atom stereocenters. The van der Waals surface area contributed by atoms with Gasteiger partial charge in [0.1, 0.15) is 5.82 Å². The van der Waals surface area contributed by atoms with E-state index in [2.05, 4.69) is 56.5 Å². The third-order valence-corrected chi connectivity index (χ3v) is 6.80. The molecule has 1 aromatic carbocycles. The van der Waals surface area contributed by atoms with E-state index in [0.29, 0.717) is 18.8 Å². The topological polar surface area (TPSA) is 78.7 Å². The summed E-state index contributed by atoms with van der Waals surface area (Å²) < 4.78 is 1.79. The summed E-state index contributed by atoms with van der Waals surface area (Å²) in [7, 11) is 0. The Hall–Kier alpha value is -3.00. The molecule has 0 saturated carbocycles. The molecule has 33 heavy (non-hydrogen) atoms. The number of aryl methyl sites for hydroxylation is 2. The number of carbonyl (C=O) groups excluding carboxylic acids is 1. The van der Waals surface area contributed by atoms with Crippen LogP contribution in [0, 0.1) is 12.8 Å². The first-order valence-corrected chi connectivity index (χ1v) is 12.1. The van der Waals surface area contributed by atoms with Crippen LogP contribution in [0.25, 0.3) is 5.65 Å². The molecule has 2 aliphatic heterocycles. The van der Waals surface area contributed by atoms with Crippen molar-refractivity contribution in [2.45, 2.75) is 45.6 Å². The van der Waals surface area contributed by atoms with Gasteiger partial charge in [0.25, 0.3) is 0 Å². The molecule has 1 N–H and O–H groups in total. The predicted molar refractivity (Wildman–Crippen MR) is 128 cm³/mol. The molecule has 4 heterocycles. The largest absolute Gasteiger partial charge is 0.356 e. The van der Waals surface area contributed by atoms with Gasteiger partial charge in [0.2, 0.25) is 5.91 Å². The smallest absolute Gasteiger partial charge is 0.220 e. The van der Waals surface area contributed by atoms with Crippen molar-refractivity contribution in [3.63, 3.8) is 0 Å². The maximum atomic E-state index is 12.5. The molecule has 1 amide bonds. The molecule has 8 heteroatoms. The number of nitrogens with zero attached hydrogens (tertiary/aromatic N) is 6. The summed E-state index contributed by atoms with van der Waals surface area (Å²) in [5.41, 5.74) is 3.38. The summed E-state index contributed by atoms with van der Waals surface area (Å²) in [5, 5.41) is 16.4. The molecule has 1 atom stereocenters. The molecule has 2 fully saturated rings. The first-order valence-electron chi connectivity index (χ1n) is 12.1. The Balaban J connectivity index is 1.08. The van der Waals surface area contributed by atoms with E-state index in [9.17, 15) is 4.79 Å². The summed E-state index contributed by atoms with van der Waals surface area (Å²) in [6, 6.07) is 12.7. The molecule has 174 valence electrons. The Bertz CT molecular complexity index is 1090. The zero-order valence-corrected chi connectivity index (χ0v) is 19.4. The van der Waals surface area contributed by atoms with Crippen LogP contribution in [0.1, 0.15) is 42.6 Å². The Labute approximate surface area is 195 Å². The molecule has 5 rings (SSSR count). The second kappa shape index (κ2) is 9.87. The molecule has 8 nitrogen and oxygen atoms in total. The number of amides is 1. The molecule has 0 aliphatic carbocycles. The fraction of sp³-hybridized carbons (Fsp3) is 0.520. The number of carbonyl (C=O) groups is 1. The van der Waals surface area contributed by atoms with Crippen molar-refractivity contribution in [1.82, 2.24) is 30.0 Å². The van der Waals surface area contributed by atoms with Crippen LogP contribution in [0.4, 0.5) is 5.82 Å². The maximum absolute atomic E-state index is 12.5. The molecule has 0 bridgehead atoms. The lowest BCUT2D eigenvalue weighted by Gasteiger charge is -2.16. The van der Waals surface area contributed by atoms with Gasteiger partial charge in [0.15, 0.2) is 11.5 Å². The third-order valence-electron chi connectivity index (χ3n) is 6.80. The summed E-state index contributed by atoms with van der Waals surface area (Å²) >= 11 is 0. The Morgan fingerprint density at radius 2 is 1.88 bits per heavy atom. The van der Waals surface area contributed by atoms with Crippen molar-refractivity contribution in [3.8, 4) is 0 Å². The van der Waals surface area contributed by atoms with Crippen LogP contribution in [0.2, 0.25) is 0 Å². The highest BCUT2D eigenvalue weighted by Crippen LogP contribution is 2.19. The second-order valence-electron chi connectivity index (χ2n) is 9.45. The van der Waals surface area contributed by atoms with E-state index in [1.54, 1.807) is 4.52 Å². The average Bonchev–Trinajstić information content (AvgIpc) is 3.59. The number of anilines is 1. The number of likely N-dealkylation sites (tertiary alicyclic amines) is 1. The van der Waals surface area contributed by atoms with Gasteiger partial charge < -0.3 is 10.2 Å². The van der Waals surface area contributed by atoms with Crippen LogP contribution in [0.3, 0.4) is 0 Å². The van der Waals surface area contributed by atoms with Crippen LogP contribution in [-0.2, 0) is 17.8 Å². The van der Waals surface area contributed by atoms with Gasteiger partial charge in [-0.2, -0.15) is 4.52 Å². The van der Waals surface area contributed by atoms with Crippen molar-refractivity contribution < 1.29 is 4.79 Å². The summed E-state index contributed by atoms with van der Waals surface area (Å²) in [6.07, 6.45) is 4.48. The minimum atomic E-state index is 0.0689. The van der Waals surface area contributed by atoms with Gasteiger partial charge in [-0.15, -0.1) is 15.3 Å². The van der Waals surface area contributed by atoms with Crippen molar-refractivity contribution in [2.24, 2.45) is 5.92 Å². The molecule has 2 aliphatic rings. The lowest BCUT2D eigenvalue weighted by atomic mass is 10.1. The lowest BCUT2D eigenvalue weighted by Crippen LogP contribution is -2.31. The summed E-state index contributed by atoms with van der Waals surface area (Å²) in [4.78, 5) is 17.3. The van der Waals surface area contributed by atoms with Crippen LogP contribution < -0.4 is 10.2 Å². The molecule has 3 aromatic rings. The van der Waals surface area contributed by atoms with Gasteiger partial charge in [-0.25, -0.2) is 0 Å². The minimum absolute atomic E-state index is 0.0689. The first kappa shape index (κ1) is 21.8. The van der Waals surface area contributed by atoms with Crippen LogP contribution in [0.15, 0.2) is 36.4 Å². The minimum Gasteiger partial charge on any atom is -0.356 e. The van der Waals surface area contributed by atoms with Crippen LogP contribution in [-0.4, -0.2) is 63.3 Å². The molecule has 2 saturated heterocycles. The Morgan fingerprint density at radius 3 is 2.70 bits per heavy atom. The second-order valence-corrected chi connectivity index (χ2v) is 9.45. The van der Waals surface area contributed by atoms with Crippen molar-refractivity contribution >= 4 is 17.4 Å². The monoisotopic (exact) mass is 447 g/mol. The zero-order chi connectivity index (χ0) is 22.6. The SMILES string of the molecule is Cc1ccc(CN2CC[C@H](CNC(=O)CCc3nnc4ccc(N5CCCC5)nn34)C2)cc1. The van der Waals surface area contributed by atoms with Gasteiger partial charge in [-0.3, -0.25) is 9.69 Å². The first-order chi connectivity index (χ1) is 16.1. The molecule has 2 aromatic heterocycles. The Kier molecular flexibility index (Phi) is 6.53. The Morgan fingerprint density at radius 1 is 1.06 bits per heavy atom. The molecule has 0 spiro atoms. The van der Waals surface area contributed by atoms with E-state index in [-0.39, 0.29) is 5.91 Å². The van der Waals surface area contributed by atoms with Gasteiger partial charge >= 0.3 is 0 Å². The number of aromatic nitrogens is 4. The van der Waals surface area contributed by atoms with Gasteiger partial charge in [-0.05, 0) is 56.3 Å². The number of fused-ring (bicyclic) bond motifs is 1. The number of benzene rings is 1. The van der Waals surface area contributed by atoms with E-state index in [4.69, 9.17) is 5.10 Å². The van der Waals surface area contributed by atoms with Gasteiger partial charge in [0, 0.05) is 45.6 Å². The van der Waals surface area contributed by atoms with E-state index < -0.39 is 0 Å². The highest BCUT2D eigenvalue weighted by Gasteiger charge is 2.23. The van der Waals surface area contributed by atoms with Gasteiger partial charge in [-0.1, -0.05) is 29.8 Å². The fourth-order valence-corrected chi connectivity index (χ4v) is 4.84. The summed E-state index contributed by atoms with van der Waals surface area (Å²) in [5.74, 6) is 2.28. The predicted octanol–water partition coefficient (Wildman–Crippen LogP) is 2.60. The molecular weight excluding hydrogens is 414 g/mol. The van der Waals surface area contributed by atoms with E-state index >= 15 is 0 Å². The van der Waals surface area contributed by atoms with E-state index in [1.165, 1.54) is 24.0 Å². The number of nitrogens with one attached hydrogen (secondary N) is 1.